The first-order valence-corrected chi connectivity index (χ1v) is 12.7. The van der Waals surface area contributed by atoms with E-state index >= 15 is 0 Å². The molecule has 1 N–H and O–H groups in total. The quantitative estimate of drug-likeness (QED) is 0.338. The van der Waals surface area contributed by atoms with Crippen molar-refractivity contribution in [2.45, 2.75) is 12.7 Å². The number of alkyl halides is 3. The Morgan fingerprint density at radius 1 is 1.03 bits per heavy atom. The first-order chi connectivity index (χ1) is 17.4. The van der Waals surface area contributed by atoms with Crippen LogP contribution in [0.3, 0.4) is 0 Å². The average molecular weight is 554 g/mol. The van der Waals surface area contributed by atoms with Crippen molar-refractivity contribution in [3.8, 4) is 5.69 Å². The summed E-state index contributed by atoms with van der Waals surface area (Å²) in [6.45, 7) is 0.115. The number of imidazole rings is 1. The molecule has 0 saturated carbocycles. The second-order valence-electron chi connectivity index (χ2n) is 8.05. The fraction of sp³-hybridized carbons (Fsp3) is 0.167. The fourth-order valence-corrected chi connectivity index (χ4v) is 5.00. The van der Waals surface area contributed by atoms with Gasteiger partial charge in [-0.05, 0) is 60.2 Å². The number of nitrogens with one attached hydrogen (secondary N) is 1. The highest BCUT2D eigenvalue weighted by molar-refractivity contribution is 7.92. The maximum atomic E-state index is 13.5. The minimum absolute atomic E-state index is 0.0950. The van der Waals surface area contributed by atoms with Crippen LogP contribution in [0.5, 0.6) is 0 Å². The highest BCUT2D eigenvalue weighted by Gasteiger charge is 2.35. The molecule has 37 heavy (non-hydrogen) atoms. The average Bonchev–Trinajstić information content (AvgIpc) is 3.07. The molecular weight excluding hydrogens is 535 g/mol. The largest absolute Gasteiger partial charge is 0.465 e. The molecule has 194 valence electrons. The highest BCUT2D eigenvalue weighted by Crippen LogP contribution is 2.25. The molecule has 0 atom stereocenters. The molecule has 0 spiro atoms. The molecule has 4 aromatic rings. The standard InChI is InChI=1S/C24H19ClF3N3O5S/c1-36-22(32)16-4-2-3-15(11-16)13-30-20-10-5-17(25)12-21(20)31(23(30)33)19-8-6-18(7-9-19)29-37(34,35)14-24(26,27)28/h2-12,29H,13-14H2,1H3. The van der Waals surface area contributed by atoms with E-state index in [2.05, 4.69) is 0 Å². The van der Waals surface area contributed by atoms with Gasteiger partial charge in [-0.15, -0.1) is 0 Å². The first-order valence-electron chi connectivity index (χ1n) is 10.6. The number of carbonyl (C=O) groups is 1. The maximum Gasteiger partial charge on any atom is 0.404 e. The SMILES string of the molecule is COC(=O)c1cccc(Cn2c(=O)n(-c3ccc(NS(=O)(=O)CC(F)(F)F)cc3)c3cc(Cl)ccc32)c1. The summed E-state index contributed by atoms with van der Waals surface area (Å²) in [5, 5.41) is 0.364. The summed E-state index contributed by atoms with van der Waals surface area (Å²) in [4.78, 5) is 25.4. The third-order valence-corrected chi connectivity index (χ3v) is 6.82. The molecule has 0 aliphatic heterocycles. The molecule has 4 rings (SSSR count). The van der Waals surface area contributed by atoms with Gasteiger partial charge < -0.3 is 4.74 Å². The Balaban J connectivity index is 1.73. The van der Waals surface area contributed by atoms with Gasteiger partial charge in [-0.3, -0.25) is 13.9 Å². The Labute approximate surface area is 213 Å². The molecule has 0 saturated heterocycles. The Morgan fingerprint density at radius 3 is 2.38 bits per heavy atom. The van der Waals surface area contributed by atoms with E-state index < -0.39 is 33.6 Å². The molecule has 13 heteroatoms. The van der Waals surface area contributed by atoms with E-state index in [9.17, 15) is 31.2 Å². The number of halogens is 4. The van der Waals surface area contributed by atoms with Crippen LogP contribution >= 0.6 is 11.6 Å². The van der Waals surface area contributed by atoms with Gasteiger partial charge in [0.2, 0.25) is 10.0 Å². The number of fused-ring (bicyclic) bond motifs is 1. The third kappa shape index (κ3) is 5.97. The van der Waals surface area contributed by atoms with Crippen LogP contribution in [0.25, 0.3) is 16.7 Å². The molecule has 0 aliphatic rings. The van der Waals surface area contributed by atoms with Crippen molar-refractivity contribution in [3.05, 3.63) is 93.4 Å². The predicted octanol–water partition coefficient (Wildman–Crippen LogP) is 4.58. The molecule has 0 radical (unpaired) electrons. The van der Waals surface area contributed by atoms with Crippen LogP contribution in [-0.2, 0) is 21.3 Å². The highest BCUT2D eigenvalue weighted by atomic mass is 35.5. The van der Waals surface area contributed by atoms with Crippen LogP contribution in [-0.4, -0.2) is 42.6 Å². The molecule has 0 aliphatic carbocycles. The lowest BCUT2D eigenvalue weighted by Gasteiger charge is -2.11. The molecule has 3 aromatic carbocycles. The number of anilines is 1. The van der Waals surface area contributed by atoms with Crippen molar-refractivity contribution in [2.75, 3.05) is 17.6 Å². The van der Waals surface area contributed by atoms with Crippen molar-refractivity contribution < 1.29 is 31.1 Å². The Kier molecular flexibility index (Phi) is 7.07. The predicted molar refractivity (Wildman–Crippen MR) is 133 cm³/mol. The van der Waals surface area contributed by atoms with Gasteiger partial charge >= 0.3 is 17.8 Å². The Bertz CT molecular complexity index is 1650. The van der Waals surface area contributed by atoms with E-state index in [0.29, 0.717) is 32.9 Å². The van der Waals surface area contributed by atoms with E-state index in [1.54, 1.807) is 42.5 Å². The number of nitrogens with zero attached hydrogens (tertiary/aromatic N) is 2. The number of hydrogen-bond donors (Lipinski definition) is 1. The van der Waals surface area contributed by atoms with Gasteiger partial charge in [0.25, 0.3) is 0 Å². The number of benzene rings is 3. The molecule has 0 amide bonds. The molecule has 0 unspecified atom stereocenters. The molecule has 1 aromatic heterocycles. The molecule has 8 nitrogen and oxygen atoms in total. The second kappa shape index (κ2) is 9.94. The van der Waals surface area contributed by atoms with Crippen molar-refractivity contribution in [3.63, 3.8) is 0 Å². The third-order valence-electron chi connectivity index (χ3n) is 5.33. The topological polar surface area (TPSA) is 99.4 Å². The lowest BCUT2D eigenvalue weighted by atomic mass is 10.1. The Hall–Kier alpha value is -3.77. The van der Waals surface area contributed by atoms with E-state index in [4.69, 9.17) is 16.3 Å². The van der Waals surface area contributed by atoms with Crippen LogP contribution in [0.4, 0.5) is 18.9 Å². The van der Waals surface area contributed by atoms with Gasteiger partial charge in [0.15, 0.2) is 5.75 Å². The maximum absolute atomic E-state index is 13.5. The summed E-state index contributed by atoms with van der Waals surface area (Å²) in [7, 11) is -3.39. The van der Waals surface area contributed by atoms with Crippen LogP contribution in [0.2, 0.25) is 5.02 Å². The zero-order valence-electron chi connectivity index (χ0n) is 19.1. The van der Waals surface area contributed by atoms with E-state index in [-0.39, 0.29) is 12.2 Å². The molecule has 0 fully saturated rings. The summed E-state index contributed by atoms with van der Waals surface area (Å²) in [6.07, 6.45) is -4.89. The van der Waals surface area contributed by atoms with E-state index in [1.165, 1.54) is 40.5 Å². The van der Waals surface area contributed by atoms with Gasteiger partial charge in [-0.2, -0.15) is 13.2 Å². The van der Waals surface area contributed by atoms with Crippen molar-refractivity contribution in [2.24, 2.45) is 0 Å². The zero-order chi connectivity index (χ0) is 27.0. The fourth-order valence-electron chi connectivity index (χ4n) is 3.84. The minimum Gasteiger partial charge on any atom is -0.465 e. The van der Waals surface area contributed by atoms with Crippen LogP contribution < -0.4 is 10.4 Å². The number of methoxy groups -OCH3 is 1. The van der Waals surface area contributed by atoms with Gasteiger partial charge in [-0.25, -0.2) is 18.0 Å². The number of rotatable bonds is 7. The summed E-state index contributed by atoms with van der Waals surface area (Å²) in [5.74, 6) is -2.54. The van der Waals surface area contributed by atoms with Crippen molar-refractivity contribution in [1.29, 1.82) is 0 Å². The number of hydrogen-bond acceptors (Lipinski definition) is 5. The van der Waals surface area contributed by atoms with Gasteiger partial charge in [0.1, 0.15) is 0 Å². The van der Waals surface area contributed by atoms with Crippen molar-refractivity contribution in [1.82, 2.24) is 9.13 Å². The molecule has 1 heterocycles. The Morgan fingerprint density at radius 2 is 1.73 bits per heavy atom. The number of ether oxygens (including phenoxy) is 1. The van der Waals surface area contributed by atoms with Gasteiger partial charge in [-0.1, -0.05) is 23.7 Å². The van der Waals surface area contributed by atoms with Gasteiger partial charge in [0, 0.05) is 10.7 Å². The van der Waals surface area contributed by atoms with Crippen LogP contribution in [0, 0.1) is 0 Å². The minimum atomic E-state index is -4.89. The summed E-state index contributed by atoms with van der Waals surface area (Å²) in [6, 6.07) is 16.8. The number of aromatic nitrogens is 2. The second-order valence-corrected chi connectivity index (χ2v) is 10.2. The number of sulfonamides is 1. The van der Waals surface area contributed by atoms with Crippen molar-refractivity contribution >= 4 is 44.3 Å². The monoisotopic (exact) mass is 553 g/mol. The van der Waals surface area contributed by atoms with E-state index in [1.807, 2.05) is 4.72 Å². The van der Waals surface area contributed by atoms with Gasteiger partial charge in [0.05, 0.1) is 35.9 Å². The lowest BCUT2D eigenvalue weighted by Crippen LogP contribution is -2.27. The lowest BCUT2D eigenvalue weighted by molar-refractivity contribution is -0.106. The van der Waals surface area contributed by atoms with Crippen LogP contribution in [0.15, 0.2) is 71.5 Å². The first kappa shape index (κ1) is 26.3. The summed E-state index contributed by atoms with van der Waals surface area (Å²) in [5.41, 5.74) is 1.75. The summed E-state index contributed by atoms with van der Waals surface area (Å²) < 4.78 is 70.5. The molecular formula is C24H19ClF3N3O5S. The smallest absolute Gasteiger partial charge is 0.404 e. The normalized spacial score (nSPS) is 12.0. The number of carbonyl (C=O) groups excluding carboxylic acids is 1. The number of esters is 1. The molecule has 0 bridgehead atoms. The van der Waals surface area contributed by atoms with Crippen LogP contribution in [0.1, 0.15) is 15.9 Å². The van der Waals surface area contributed by atoms with E-state index in [0.717, 1.165) is 0 Å². The summed E-state index contributed by atoms with van der Waals surface area (Å²) >= 11 is 6.18. The zero-order valence-corrected chi connectivity index (χ0v) is 20.7.